The molecule has 2 aromatic rings. The molecule has 0 aromatic heterocycles. The van der Waals surface area contributed by atoms with E-state index in [-0.39, 0.29) is 11.7 Å². The molecular weight excluding hydrogens is 338 g/mol. The van der Waals surface area contributed by atoms with Crippen LogP contribution >= 0.6 is 11.6 Å². The Hall–Kier alpha value is -1.88. The van der Waals surface area contributed by atoms with Crippen molar-refractivity contribution in [2.45, 2.75) is 18.9 Å². The number of methoxy groups -OCH3 is 1. The maximum atomic E-state index is 12.6. The summed E-state index contributed by atoms with van der Waals surface area (Å²) in [6.07, 6.45) is 1.06. The highest BCUT2D eigenvalue weighted by Gasteiger charge is 2.27. The van der Waals surface area contributed by atoms with E-state index in [9.17, 15) is 9.90 Å². The van der Waals surface area contributed by atoms with Crippen LogP contribution in [0.5, 0.6) is 5.75 Å². The molecule has 1 aliphatic carbocycles. The maximum Gasteiger partial charge on any atom is 0.167 e. The number of benzene rings is 2. The highest BCUT2D eigenvalue weighted by molar-refractivity contribution is 6.30. The summed E-state index contributed by atoms with van der Waals surface area (Å²) in [5, 5.41) is 14.1. The molecule has 0 saturated heterocycles. The number of carbonyl (C=O) groups is 1. The summed E-state index contributed by atoms with van der Waals surface area (Å²) in [5.74, 6) is 0.893. The Bertz CT molecular complexity index is 745. The van der Waals surface area contributed by atoms with Gasteiger partial charge in [-0.05, 0) is 54.3 Å². The minimum absolute atomic E-state index is 0.0571. The molecule has 2 atom stereocenters. The topological polar surface area (TPSA) is 58.6 Å². The van der Waals surface area contributed by atoms with Gasteiger partial charge in [0.15, 0.2) is 5.78 Å². The summed E-state index contributed by atoms with van der Waals surface area (Å²) < 4.78 is 5.22. The van der Waals surface area contributed by atoms with Gasteiger partial charge in [-0.25, -0.2) is 0 Å². The van der Waals surface area contributed by atoms with E-state index in [0.717, 1.165) is 35.3 Å². The van der Waals surface area contributed by atoms with Gasteiger partial charge in [-0.15, -0.1) is 0 Å². The van der Waals surface area contributed by atoms with Crippen LogP contribution in [0.15, 0.2) is 42.5 Å². The zero-order valence-corrected chi connectivity index (χ0v) is 14.9. The molecule has 5 heteroatoms. The minimum atomic E-state index is -0.618. The van der Waals surface area contributed by atoms with Crippen molar-refractivity contribution in [1.29, 1.82) is 0 Å². The van der Waals surface area contributed by atoms with Gasteiger partial charge in [0.1, 0.15) is 5.75 Å². The van der Waals surface area contributed by atoms with Crippen molar-refractivity contribution in [2.24, 2.45) is 5.92 Å². The molecule has 0 radical (unpaired) electrons. The van der Waals surface area contributed by atoms with Gasteiger partial charge < -0.3 is 15.2 Å². The number of nitrogens with one attached hydrogen (secondary N) is 1. The zero-order valence-electron chi connectivity index (χ0n) is 14.2. The summed E-state index contributed by atoms with van der Waals surface area (Å²) in [5.41, 5.74) is 2.66. The Balaban J connectivity index is 1.55. The van der Waals surface area contributed by atoms with Crippen molar-refractivity contribution in [3.05, 3.63) is 64.2 Å². The number of rotatable bonds is 6. The molecule has 25 heavy (non-hydrogen) atoms. The molecule has 132 valence electrons. The van der Waals surface area contributed by atoms with Crippen LogP contribution in [0.25, 0.3) is 0 Å². The van der Waals surface area contributed by atoms with E-state index in [1.165, 1.54) is 0 Å². The van der Waals surface area contributed by atoms with E-state index in [0.29, 0.717) is 18.1 Å². The van der Waals surface area contributed by atoms with Crippen molar-refractivity contribution >= 4 is 17.4 Å². The smallest absolute Gasteiger partial charge is 0.167 e. The van der Waals surface area contributed by atoms with Crippen LogP contribution in [0.2, 0.25) is 5.02 Å². The Morgan fingerprint density at radius 1 is 1.28 bits per heavy atom. The first-order valence-electron chi connectivity index (χ1n) is 8.44. The Labute approximate surface area is 152 Å². The molecule has 0 amide bonds. The highest BCUT2D eigenvalue weighted by atomic mass is 35.5. The van der Waals surface area contributed by atoms with Gasteiger partial charge >= 0.3 is 0 Å². The molecule has 0 aliphatic heterocycles. The fourth-order valence-corrected chi connectivity index (χ4v) is 3.34. The second kappa shape index (κ2) is 8.00. The third kappa shape index (κ3) is 4.21. The van der Waals surface area contributed by atoms with Gasteiger partial charge in [0, 0.05) is 29.6 Å². The molecule has 4 nitrogen and oxygen atoms in total. The van der Waals surface area contributed by atoms with E-state index in [1.54, 1.807) is 19.2 Å². The minimum Gasteiger partial charge on any atom is -0.497 e. The SMILES string of the molecule is COc1ccc2c(c1)CCC(CNCC(O)c1ccc(Cl)cc1)C2=O. The first kappa shape index (κ1) is 17.9. The molecule has 0 fully saturated rings. The van der Waals surface area contributed by atoms with Gasteiger partial charge in [0.05, 0.1) is 13.2 Å². The first-order valence-corrected chi connectivity index (χ1v) is 8.81. The van der Waals surface area contributed by atoms with Crippen LogP contribution in [0, 0.1) is 5.92 Å². The van der Waals surface area contributed by atoms with Crippen LogP contribution in [-0.4, -0.2) is 31.1 Å². The van der Waals surface area contributed by atoms with Crippen molar-refractivity contribution in [1.82, 2.24) is 5.32 Å². The predicted octanol–water partition coefficient (Wildman–Crippen LogP) is 3.42. The number of Topliss-reactive ketones (excluding diaryl/α,β-unsaturated/α-hetero) is 1. The number of carbonyl (C=O) groups excluding carboxylic acids is 1. The molecule has 2 unspecified atom stereocenters. The van der Waals surface area contributed by atoms with E-state index < -0.39 is 6.10 Å². The second-order valence-electron chi connectivity index (χ2n) is 6.35. The lowest BCUT2D eigenvalue weighted by atomic mass is 9.82. The average molecular weight is 360 g/mol. The number of aliphatic hydroxyl groups is 1. The fourth-order valence-electron chi connectivity index (χ4n) is 3.22. The van der Waals surface area contributed by atoms with Crippen LogP contribution in [0.1, 0.15) is 34.0 Å². The second-order valence-corrected chi connectivity index (χ2v) is 6.78. The van der Waals surface area contributed by atoms with Crippen molar-refractivity contribution in [3.8, 4) is 5.75 Å². The van der Waals surface area contributed by atoms with Crippen LogP contribution < -0.4 is 10.1 Å². The lowest BCUT2D eigenvalue weighted by Gasteiger charge is -2.24. The number of ether oxygens (including phenoxy) is 1. The zero-order chi connectivity index (χ0) is 17.8. The Kier molecular flexibility index (Phi) is 5.74. The number of aryl methyl sites for hydroxylation is 1. The van der Waals surface area contributed by atoms with Gasteiger partial charge in [-0.3, -0.25) is 4.79 Å². The number of fused-ring (bicyclic) bond motifs is 1. The maximum absolute atomic E-state index is 12.6. The fraction of sp³-hybridized carbons (Fsp3) is 0.350. The van der Waals surface area contributed by atoms with Crippen molar-refractivity contribution in [3.63, 3.8) is 0 Å². The van der Waals surface area contributed by atoms with Crippen LogP contribution in [0.3, 0.4) is 0 Å². The predicted molar refractivity (Wildman–Crippen MR) is 98.4 cm³/mol. The number of aliphatic hydroxyl groups excluding tert-OH is 1. The lowest BCUT2D eigenvalue weighted by molar-refractivity contribution is 0.0894. The summed E-state index contributed by atoms with van der Waals surface area (Å²) in [4.78, 5) is 12.6. The molecular formula is C20H22ClNO3. The molecule has 2 N–H and O–H groups in total. The molecule has 0 heterocycles. The third-order valence-electron chi connectivity index (χ3n) is 4.69. The first-order chi connectivity index (χ1) is 12.1. The van der Waals surface area contributed by atoms with Gasteiger partial charge in [0.2, 0.25) is 0 Å². The number of hydrogen-bond donors (Lipinski definition) is 2. The number of hydrogen-bond acceptors (Lipinski definition) is 4. The lowest BCUT2D eigenvalue weighted by Crippen LogP contribution is -2.34. The van der Waals surface area contributed by atoms with Gasteiger partial charge in [0.25, 0.3) is 0 Å². The molecule has 2 aromatic carbocycles. The Morgan fingerprint density at radius 2 is 2.04 bits per heavy atom. The van der Waals surface area contributed by atoms with E-state index >= 15 is 0 Å². The number of ketones is 1. The van der Waals surface area contributed by atoms with Crippen molar-refractivity contribution < 1.29 is 14.6 Å². The van der Waals surface area contributed by atoms with Crippen LogP contribution in [-0.2, 0) is 6.42 Å². The largest absolute Gasteiger partial charge is 0.497 e. The number of halogens is 1. The molecule has 0 bridgehead atoms. The molecule has 1 aliphatic rings. The summed E-state index contributed by atoms with van der Waals surface area (Å²) in [6.45, 7) is 0.968. The molecule has 3 rings (SSSR count). The molecule has 0 saturated carbocycles. The van der Waals surface area contributed by atoms with Gasteiger partial charge in [-0.1, -0.05) is 23.7 Å². The van der Waals surface area contributed by atoms with Crippen LogP contribution in [0.4, 0.5) is 0 Å². The monoisotopic (exact) mass is 359 g/mol. The average Bonchev–Trinajstić information content (AvgIpc) is 2.63. The van der Waals surface area contributed by atoms with E-state index in [2.05, 4.69) is 5.32 Å². The van der Waals surface area contributed by atoms with Crippen molar-refractivity contribution in [2.75, 3.05) is 20.2 Å². The van der Waals surface area contributed by atoms with E-state index in [4.69, 9.17) is 16.3 Å². The quantitative estimate of drug-likeness (QED) is 0.829. The summed E-state index contributed by atoms with van der Waals surface area (Å²) in [7, 11) is 1.63. The normalized spacial score (nSPS) is 17.9. The third-order valence-corrected chi connectivity index (χ3v) is 4.95. The summed E-state index contributed by atoms with van der Waals surface area (Å²) in [6, 6.07) is 12.8. The Morgan fingerprint density at radius 3 is 2.76 bits per heavy atom. The van der Waals surface area contributed by atoms with E-state index in [1.807, 2.05) is 30.3 Å². The highest BCUT2D eigenvalue weighted by Crippen LogP contribution is 2.28. The summed E-state index contributed by atoms with van der Waals surface area (Å²) >= 11 is 5.86. The van der Waals surface area contributed by atoms with Gasteiger partial charge in [-0.2, -0.15) is 0 Å². The molecule has 0 spiro atoms. The standard InChI is InChI=1S/C20H22ClNO3/c1-25-17-8-9-18-14(10-17)2-3-15(20(18)24)11-22-12-19(23)13-4-6-16(21)7-5-13/h4-10,15,19,22-23H,2-3,11-12H2,1H3.